The summed E-state index contributed by atoms with van der Waals surface area (Å²) in [5, 5.41) is 8.93. The van der Waals surface area contributed by atoms with Gasteiger partial charge < -0.3 is 0 Å². The van der Waals surface area contributed by atoms with Crippen molar-refractivity contribution in [1.29, 1.82) is 5.26 Å². The van der Waals surface area contributed by atoms with Crippen molar-refractivity contribution in [3.05, 3.63) is 48.0 Å². The number of hydrogen-bond donors (Lipinski definition) is 0. The lowest BCUT2D eigenvalue weighted by Gasteiger charge is -2.38. The molecule has 128 valence electrons. The molecule has 1 aromatic rings. The Hall–Kier alpha value is -1.33. The molecule has 1 nitrogen and oxygen atoms in total. The number of allylic oxidation sites excluding steroid dienone is 1. The Bertz CT molecular complexity index is 555. The third-order valence-electron chi connectivity index (χ3n) is 6.62. The molecule has 0 N–H and O–H groups in total. The summed E-state index contributed by atoms with van der Waals surface area (Å²) in [6.45, 7) is 3.89. The first-order chi connectivity index (χ1) is 11.8. The lowest BCUT2D eigenvalue weighted by atomic mass is 9.70. The van der Waals surface area contributed by atoms with Gasteiger partial charge in [0.2, 0.25) is 0 Å². The summed E-state index contributed by atoms with van der Waals surface area (Å²) in [5.74, 6) is 2.73. The fraction of sp³-hybridized carbons (Fsp3) is 0.591. The first-order valence-corrected chi connectivity index (χ1v) is 11.7. The van der Waals surface area contributed by atoms with Crippen LogP contribution in [0.3, 0.4) is 0 Å². The molecule has 0 aromatic heterocycles. The zero-order valence-electron chi connectivity index (χ0n) is 14.9. The largest absolute Gasteiger partial charge is 0.192 e. The van der Waals surface area contributed by atoms with Gasteiger partial charge in [0, 0.05) is 9.52 Å². The maximum Gasteiger partial charge on any atom is 0.0991 e. The smallest absolute Gasteiger partial charge is 0.0991 e. The molecule has 0 unspecified atom stereocenters. The molecule has 0 aliphatic heterocycles. The van der Waals surface area contributed by atoms with E-state index in [4.69, 9.17) is 5.26 Å². The molecule has 3 rings (SSSR count). The highest BCUT2D eigenvalue weighted by atomic mass is 28.2. The van der Waals surface area contributed by atoms with Crippen molar-refractivity contribution in [3.63, 3.8) is 0 Å². The van der Waals surface area contributed by atoms with E-state index in [9.17, 15) is 0 Å². The Morgan fingerprint density at radius 3 is 2.08 bits per heavy atom. The van der Waals surface area contributed by atoms with Crippen LogP contribution in [0, 0.1) is 23.2 Å². The molecule has 2 heteroatoms. The second-order valence-corrected chi connectivity index (χ2v) is 10.3. The van der Waals surface area contributed by atoms with Crippen molar-refractivity contribution >= 4 is 9.52 Å². The van der Waals surface area contributed by atoms with Gasteiger partial charge in [-0.2, -0.15) is 5.26 Å². The van der Waals surface area contributed by atoms with E-state index < -0.39 is 0 Å². The van der Waals surface area contributed by atoms with E-state index in [0.717, 1.165) is 28.9 Å². The third-order valence-corrected chi connectivity index (χ3v) is 8.99. The average Bonchev–Trinajstić information content (AvgIpc) is 2.67. The van der Waals surface area contributed by atoms with Gasteiger partial charge in [-0.3, -0.25) is 0 Å². The molecule has 2 aliphatic rings. The molecule has 0 atom stereocenters. The van der Waals surface area contributed by atoms with Crippen LogP contribution in [-0.2, 0) is 0 Å². The van der Waals surface area contributed by atoms with E-state index in [1.165, 1.54) is 63.0 Å². The van der Waals surface area contributed by atoms with Gasteiger partial charge in [0.15, 0.2) is 0 Å². The Labute approximate surface area is 150 Å². The van der Waals surface area contributed by atoms with Gasteiger partial charge in [-0.05, 0) is 67.2 Å². The average molecular weight is 338 g/mol. The topological polar surface area (TPSA) is 23.8 Å². The molecule has 2 aliphatic carbocycles. The van der Waals surface area contributed by atoms with Crippen LogP contribution in [0.5, 0.6) is 0 Å². The molecule has 0 heterocycles. The van der Waals surface area contributed by atoms with Crippen molar-refractivity contribution in [2.45, 2.75) is 68.9 Å². The summed E-state index contributed by atoms with van der Waals surface area (Å²) in [4.78, 5) is 0. The molecule has 0 spiro atoms. The fourth-order valence-electron chi connectivity index (χ4n) is 5.06. The molecular formula is C22H31NSi. The Morgan fingerprint density at radius 1 is 0.958 bits per heavy atom. The van der Waals surface area contributed by atoms with Gasteiger partial charge in [-0.15, -0.1) is 6.58 Å². The van der Waals surface area contributed by atoms with E-state index in [1.807, 2.05) is 12.1 Å². The first kappa shape index (κ1) is 17.5. The summed E-state index contributed by atoms with van der Waals surface area (Å²) in [5.41, 5.74) is 3.34. The molecule has 0 amide bonds. The zero-order chi connectivity index (χ0) is 16.8. The van der Waals surface area contributed by atoms with Gasteiger partial charge in [0.1, 0.15) is 0 Å². The highest BCUT2D eigenvalue weighted by molar-refractivity contribution is 6.38. The van der Waals surface area contributed by atoms with E-state index in [0.29, 0.717) is 0 Å². The zero-order valence-corrected chi connectivity index (χ0v) is 16.3. The Morgan fingerprint density at radius 2 is 1.54 bits per heavy atom. The van der Waals surface area contributed by atoms with Crippen LogP contribution in [0.2, 0.25) is 11.6 Å². The van der Waals surface area contributed by atoms with Gasteiger partial charge in [-0.25, -0.2) is 0 Å². The maximum absolute atomic E-state index is 8.93. The van der Waals surface area contributed by atoms with Crippen molar-refractivity contribution in [3.8, 4) is 6.07 Å². The van der Waals surface area contributed by atoms with E-state index in [-0.39, 0.29) is 9.52 Å². The molecule has 0 radical (unpaired) electrons. The van der Waals surface area contributed by atoms with Crippen LogP contribution >= 0.6 is 0 Å². The van der Waals surface area contributed by atoms with Crippen LogP contribution in [-0.4, -0.2) is 9.52 Å². The second kappa shape index (κ2) is 8.67. The van der Waals surface area contributed by atoms with E-state index >= 15 is 0 Å². The molecular weight excluding hydrogens is 306 g/mol. The SMILES string of the molecule is C=CC[SiH2][C@H]1CC[C@H](C2CCC(c3ccc(C#N)cc3)CC2)CC1. The molecule has 24 heavy (non-hydrogen) atoms. The van der Waals surface area contributed by atoms with Gasteiger partial charge in [0.05, 0.1) is 11.6 Å². The van der Waals surface area contributed by atoms with Gasteiger partial charge in [0.25, 0.3) is 0 Å². The van der Waals surface area contributed by atoms with Crippen molar-refractivity contribution in [2.24, 2.45) is 11.8 Å². The van der Waals surface area contributed by atoms with E-state index in [1.54, 1.807) is 0 Å². The predicted molar refractivity (Wildman–Crippen MR) is 105 cm³/mol. The van der Waals surface area contributed by atoms with Crippen LogP contribution in [0.15, 0.2) is 36.9 Å². The molecule has 0 bridgehead atoms. The molecule has 2 fully saturated rings. The van der Waals surface area contributed by atoms with Crippen LogP contribution in [0.25, 0.3) is 0 Å². The monoisotopic (exact) mass is 337 g/mol. The van der Waals surface area contributed by atoms with E-state index in [2.05, 4.69) is 30.9 Å². The minimum atomic E-state index is 0.124. The number of nitriles is 1. The highest BCUT2D eigenvalue weighted by Gasteiger charge is 2.31. The number of nitrogens with zero attached hydrogens (tertiary/aromatic N) is 1. The van der Waals surface area contributed by atoms with Gasteiger partial charge in [-0.1, -0.05) is 49.4 Å². The maximum atomic E-state index is 8.93. The molecule has 1 aromatic carbocycles. The minimum absolute atomic E-state index is 0.124. The third kappa shape index (κ3) is 4.39. The minimum Gasteiger partial charge on any atom is -0.192 e. The summed E-state index contributed by atoms with van der Waals surface area (Å²) in [6, 6.07) is 11.9. The van der Waals surface area contributed by atoms with Gasteiger partial charge >= 0.3 is 0 Å². The van der Waals surface area contributed by atoms with Crippen LogP contribution in [0.4, 0.5) is 0 Å². The lowest BCUT2D eigenvalue weighted by Crippen LogP contribution is -2.25. The first-order valence-electron chi connectivity index (χ1n) is 9.91. The predicted octanol–water partition coefficient (Wildman–Crippen LogP) is 5.58. The fourth-order valence-corrected chi connectivity index (χ4v) is 6.81. The standard InChI is InChI=1S/C22H31NSi/c1-2-15-24-22-13-11-21(12-14-22)20-9-7-19(8-10-20)18-5-3-17(16-23)4-6-18/h2-6,19-22H,1,7-15,24H2/t19?,20?,21-,22-. The quantitative estimate of drug-likeness (QED) is 0.508. The summed E-state index contributed by atoms with van der Waals surface area (Å²) in [7, 11) is 0.124. The number of benzene rings is 1. The van der Waals surface area contributed by atoms with Crippen LogP contribution in [0.1, 0.15) is 68.4 Å². The Kier molecular flexibility index (Phi) is 6.32. The van der Waals surface area contributed by atoms with Crippen molar-refractivity contribution in [1.82, 2.24) is 0 Å². The molecule has 2 saturated carbocycles. The second-order valence-electron chi connectivity index (χ2n) is 7.99. The molecule has 0 saturated heterocycles. The normalized spacial score (nSPS) is 31.0. The summed E-state index contributed by atoms with van der Waals surface area (Å²) >= 11 is 0. The highest BCUT2D eigenvalue weighted by Crippen LogP contribution is 2.44. The van der Waals surface area contributed by atoms with Crippen molar-refractivity contribution < 1.29 is 0 Å². The summed E-state index contributed by atoms with van der Waals surface area (Å²) in [6.07, 6.45) is 13.7. The Balaban J connectivity index is 1.45. The van der Waals surface area contributed by atoms with Crippen LogP contribution < -0.4 is 0 Å². The number of rotatable bonds is 5. The lowest BCUT2D eigenvalue weighted by molar-refractivity contribution is 0.186. The summed E-state index contributed by atoms with van der Waals surface area (Å²) < 4.78 is 0. The number of hydrogen-bond acceptors (Lipinski definition) is 1. The van der Waals surface area contributed by atoms with Crippen molar-refractivity contribution in [2.75, 3.05) is 0 Å².